The van der Waals surface area contributed by atoms with Gasteiger partial charge in [0.2, 0.25) is 0 Å². The molecule has 1 aromatic carbocycles. The van der Waals surface area contributed by atoms with Gasteiger partial charge >= 0.3 is 0 Å². The summed E-state index contributed by atoms with van der Waals surface area (Å²) < 4.78 is 5.05. The second kappa shape index (κ2) is 5.63. The largest absolute Gasteiger partial charge is 0.496 e. The van der Waals surface area contributed by atoms with Crippen LogP contribution in [0, 0.1) is 0 Å². The van der Waals surface area contributed by atoms with Crippen molar-refractivity contribution >= 4 is 29.8 Å². The van der Waals surface area contributed by atoms with E-state index in [-0.39, 0.29) is 29.8 Å². The summed E-state index contributed by atoms with van der Waals surface area (Å²) in [5, 5.41) is 3.38. The number of nitrogens with zero attached hydrogens (tertiary/aromatic N) is 1. The highest BCUT2D eigenvalue weighted by atomic mass is 127. The quantitative estimate of drug-likeness (QED) is 0.280. The SMILES string of the molecule is COc1ccccc1C(N)=NN.I. The second-order valence-corrected chi connectivity index (χ2v) is 2.21. The number of amidine groups is 1. The maximum atomic E-state index is 5.52. The third-order valence-corrected chi connectivity index (χ3v) is 1.52. The van der Waals surface area contributed by atoms with Gasteiger partial charge in [-0.3, -0.25) is 0 Å². The van der Waals surface area contributed by atoms with Gasteiger partial charge in [0.1, 0.15) is 5.75 Å². The molecule has 0 bridgehead atoms. The van der Waals surface area contributed by atoms with Crippen LogP contribution in [0.4, 0.5) is 0 Å². The zero-order valence-electron chi connectivity index (χ0n) is 7.23. The molecule has 0 saturated heterocycles. The second-order valence-electron chi connectivity index (χ2n) is 2.21. The third kappa shape index (κ3) is 2.76. The highest BCUT2D eigenvalue weighted by molar-refractivity contribution is 14.0. The van der Waals surface area contributed by atoms with Crippen LogP contribution in [-0.4, -0.2) is 12.9 Å². The molecule has 0 heterocycles. The van der Waals surface area contributed by atoms with E-state index in [0.717, 1.165) is 0 Å². The van der Waals surface area contributed by atoms with Crippen LogP contribution in [0.2, 0.25) is 0 Å². The molecule has 1 aromatic rings. The molecule has 13 heavy (non-hydrogen) atoms. The number of para-hydroxylation sites is 1. The Balaban J connectivity index is 0.00000144. The van der Waals surface area contributed by atoms with E-state index in [9.17, 15) is 0 Å². The van der Waals surface area contributed by atoms with Gasteiger partial charge in [-0.25, -0.2) is 0 Å². The van der Waals surface area contributed by atoms with Gasteiger partial charge in [0, 0.05) is 0 Å². The zero-order chi connectivity index (χ0) is 8.97. The molecule has 0 unspecified atom stereocenters. The van der Waals surface area contributed by atoms with Gasteiger partial charge in [0.25, 0.3) is 0 Å². The Morgan fingerprint density at radius 1 is 1.38 bits per heavy atom. The van der Waals surface area contributed by atoms with Crippen molar-refractivity contribution in [3.63, 3.8) is 0 Å². The normalized spacial score (nSPS) is 10.4. The van der Waals surface area contributed by atoms with Crippen molar-refractivity contribution in [2.45, 2.75) is 0 Å². The van der Waals surface area contributed by atoms with E-state index >= 15 is 0 Å². The van der Waals surface area contributed by atoms with Crippen molar-refractivity contribution in [2.75, 3.05) is 7.11 Å². The third-order valence-electron chi connectivity index (χ3n) is 1.52. The number of ether oxygens (including phenoxy) is 1. The smallest absolute Gasteiger partial charge is 0.154 e. The molecule has 0 spiro atoms. The molecule has 0 aliphatic heterocycles. The average molecular weight is 293 g/mol. The van der Waals surface area contributed by atoms with Crippen LogP contribution in [0.1, 0.15) is 5.56 Å². The summed E-state index contributed by atoms with van der Waals surface area (Å²) in [6.07, 6.45) is 0. The van der Waals surface area contributed by atoms with Crippen LogP contribution in [0.15, 0.2) is 29.4 Å². The summed E-state index contributed by atoms with van der Waals surface area (Å²) in [6.45, 7) is 0. The first-order chi connectivity index (χ1) is 5.79. The van der Waals surface area contributed by atoms with Gasteiger partial charge in [-0.2, -0.15) is 5.10 Å². The summed E-state index contributed by atoms with van der Waals surface area (Å²) >= 11 is 0. The van der Waals surface area contributed by atoms with Crippen LogP contribution < -0.4 is 16.3 Å². The highest BCUT2D eigenvalue weighted by Crippen LogP contribution is 2.15. The van der Waals surface area contributed by atoms with Gasteiger partial charge in [0.05, 0.1) is 12.7 Å². The molecule has 0 fully saturated rings. The summed E-state index contributed by atoms with van der Waals surface area (Å²) in [4.78, 5) is 0. The van der Waals surface area contributed by atoms with Crippen LogP contribution in [0.25, 0.3) is 0 Å². The molecule has 0 radical (unpaired) electrons. The van der Waals surface area contributed by atoms with E-state index < -0.39 is 0 Å². The molecule has 0 aromatic heterocycles. The number of rotatable bonds is 2. The van der Waals surface area contributed by atoms with Crippen LogP contribution in [-0.2, 0) is 0 Å². The van der Waals surface area contributed by atoms with Crippen molar-refractivity contribution in [2.24, 2.45) is 16.7 Å². The summed E-state index contributed by atoms with van der Waals surface area (Å²) in [7, 11) is 1.57. The molecule has 0 aliphatic rings. The van der Waals surface area contributed by atoms with Crippen LogP contribution in [0.5, 0.6) is 5.75 Å². The van der Waals surface area contributed by atoms with Crippen LogP contribution in [0.3, 0.4) is 0 Å². The van der Waals surface area contributed by atoms with E-state index in [1.54, 1.807) is 19.2 Å². The van der Waals surface area contributed by atoms with Gasteiger partial charge in [-0.05, 0) is 12.1 Å². The van der Waals surface area contributed by atoms with Crippen LogP contribution >= 0.6 is 24.0 Å². The lowest BCUT2D eigenvalue weighted by molar-refractivity contribution is 0.414. The van der Waals surface area contributed by atoms with E-state index in [0.29, 0.717) is 11.3 Å². The lowest BCUT2D eigenvalue weighted by atomic mass is 10.2. The minimum Gasteiger partial charge on any atom is -0.496 e. The molecule has 72 valence electrons. The van der Waals surface area contributed by atoms with Gasteiger partial charge in [-0.1, -0.05) is 12.1 Å². The Hall–Kier alpha value is -0.980. The molecule has 1 rings (SSSR count). The molecular formula is C8H12IN3O. The molecule has 4 nitrogen and oxygen atoms in total. The lowest BCUT2D eigenvalue weighted by Crippen LogP contribution is -2.16. The van der Waals surface area contributed by atoms with Crippen molar-refractivity contribution in [3.05, 3.63) is 29.8 Å². The van der Waals surface area contributed by atoms with Crippen molar-refractivity contribution in [1.82, 2.24) is 0 Å². The van der Waals surface area contributed by atoms with E-state index in [2.05, 4.69) is 5.10 Å². The number of hydrogen-bond acceptors (Lipinski definition) is 3. The molecular weight excluding hydrogens is 281 g/mol. The first kappa shape index (κ1) is 12.0. The first-order valence-corrected chi connectivity index (χ1v) is 3.46. The molecule has 0 aliphatic carbocycles. The summed E-state index contributed by atoms with van der Waals surface area (Å²) in [5.74, 6) is 5.98. The molecule has 4 N–H and O–H groups in total. The zero-order valence-corrected chi connectivity index (χ0v) is 9.56. The Bertz CT molecular complexity index is 301. The summed E-state index contributed by atoms with van der Waals surface area (Å²) in [5.41, 5.74) is 6.23. The molecule has 0 amide bonds. The number of methoxy groups -OCH3 is 1. The predicted octanol–water partition coefficient (Wildman–Crippen LogP) is 0.892. The number of benzene rings is 1. The Morgan fingerprint density at radius 2 is 2.00 bits per heavy atom. The fourth-order valence-corrected chi connectivity index (χ4v) is 0.926. The van der Waals surface area contributed by atoms with Gasteiger partial charge in [-0.15, -0.1) is 24.0 Å². The number of hydrogen-bond donors (Lipinski definition) is 2. The molecule has 5 heteroatoms. The van der Waals surface area contributed by atoms with Crippen molar-refractivity contribution in [3.8, 4) is 5.75 Å². The first-order valence-electron chi connectivity index (χ1n) is 3.46. The molecule has 0 saturated carbocycles. The van der Waals surface area contributed by atoms with Crippen molar-refractivity contribution in [1.29, 1.82) is 0 Å². The topological polar surface area (TPSA) is 73.6 Å². The average Bonchev–Trinajstić information content (AvgIpc) is 2.16. The maximum absolute atomic E-state index is 5.52. The van der Waals surface area contributed by atoms with Gasteiger partial charge < -0.3 is 16.3 Å². The number of halogens is 1. The Morgan fingerprint density at radius 3 is 2.54 bits per heavy atom. The minimum absolute atomic E-state index is 0. The minimum atomic E-state index is 0. The maximum Gasteiger partial charge on any atom is 0.154 e. The van der Waals surface area contributed by atoms with Crippen molar-refractivity contribution < 1.29 is 4.74 Å². The lowest BCUT2D eigenvalue weighted by Gasteiger charge is -2.05. The standard InChI is InChI=1S/C8H11N3O.HI/c1-12-7-5-3-2-4-6(7)8(9)11-10;/h2-5H,10H2,1H3,(H2,9,11);1H. The highest BCUT2D eigenvalue weighted by Gasteiger charge is 2.03. The molecule has 0 atom stereocenters. The Labute approximate surface area is 94.0 Å². The van der Waals surface area contributed by atoms with E-state index in [4.69, 9.17) is 16.3 Å². The number of nitrogens with two attached hydrogens (primary N) is 2. The fraction of sp³-hybridized carbons (Fsp3) is 0.125. The van der Waals surface area contributed by atoms with E-state index in [1.165, 1.54) is 0 Å². The summed E-state index contributed by atoms with van der Waals surface area (Å²) in [6, 6.07) is 7.29. The predicted molar refractivity (Wildman–Crippen MR) is 63.3 cm³/mol. The number of hydrazone groups is 1. The Kier molecular flexibility index (Phi) is 5.20. The van der Waals surface area contributed by atoms with E-state index in [1.807, 2.05) is 12.1 Å². The van der Waals surface area contributed by atoms with Gasteiger partial charge in [0.15, 0.2) is 5.84 Å². The monoisotopic (exact) mass is 293 g/mol. The fourth-order valence-electron chi connectivity index (χ4n) is 0.926.